The highest BCUT2D eigenvalue weighted by molar-refractivity contribution is 9.10. The second-order valence-electron chi connectivity index (χ2n) is 4.58. The summed E-state index contributed by atoms with van der Waals surface area (Å²) in [6.07, 6.45) is 3.16. The van der Waals surface area contributed by atoms with Gasteiger partial charge in [-0.05, 0) is 37.0 Å². The first-order valence-corrected chi connectivity index (χ1v) is 7.17. The molecule has 1 N–H and O–H groups in total. The zero-order valence-electron chi connectivity index (χ0n) is 9.76. The number of nitrogens with one attached hydrogen (secondary N) is 1. The highest BCUT2D eigenvalue weighted by Gasteiger charge is 2.25. The van der Waals surface area contributed by atoms with Crippen molar-refractivity contribution < 1.29 is 9.18 Å². The van der Waals surface area contributed by atoms with E-state index in [0.717, 1.165) is 19.3 Å². The quantitative estimate of drug-likeness (QED) is 0.839. The zero-order chi connectivity index (χ0) is 13.1. The third kappa shape index (κ3) is 3.45. The summed E-state index contributed by atoms with van der Waals surface area (Å²) in [4.78, 5) is 11.9. The molecule has 0 aliphatic heterocycles. The Hall–Kier alpha value is -0.610. The molecule has 1 fully saturated rings. The maximum atomic E-state index is 13.2. The number of alkyl halides is 1. The Balaban J connectivity index is 1.95. The molecule has 1 aromatic rings. The van der Waals surface area contributed by atoms with Crippen molar-refractivity contribution in [2.24, 2.45) is 5.92 Å². The largest absolute Gasteiger partial charge is 0.352 e. The molecule has 18 heavy (non-hydrogen) atoms. The molecule has 1 saturated carbocycles. The predicted octanol–water partition coefficient (Wildman–Crippen LogP) is 3.73. The molecule has 0 heterocycles. The van der Waals surface area contributed by atoms with Gasteiger partial charge in [-0.3, -0.25) is 4.79 Å². The molecule has 0 radical (unpaired) electrons. The van der Waals surface area contributed by atoms with E-state index >= 15 is 0 Å². The summed E-state index contributed by atoms with van der Waals surface area (Å²) >= 11 is 9.31. The molecule has 5 heteroatoms. The zero-order valence-corrected chi connectivity index (χ0v) is 12.1. The molecule has 98 valence electrons. The maximum absolute atomic E-state index is 13.2. The summed E-state index contributed by atoms with van der Waals surface area (Å²) in [6.45, 7) is 0.557. The van der Waals surface area contributed by atoms with E-state index in [-0.39, 0.29) is 11.3 Å². The Morgan fingerprint density at radius 3 is 2.83 bits per heavy atom. The monoisotopic (exact) mass is 333 g/mol. The van der Waals surface area contributed by atoms with Crippen LogP contribution in [0.4, 0.5) is 4.39 Å². The Labute approximate surface area is 119 Å². The summed E-state index contributed by atoms with van der Waals surface area (Å²) in [6, 6.07) is 4.15. The second kappa shape index (κ2) is 6.02. The first kappa shape index (κ1) is 13.8. The number of hydrogen-bond donors (Lipinski definition) is 1. The van der Waals surface area contributed by atoms with Gasteiger partial charge in [0.2, 0.25) is 0 Å². The van der Waals surface area contributed by atoms with E-state index in [9.17, 15) is 9.18 Å². The summed E-state index contributed by atoms with van der Waals surface area (Å²) in [5.74, 6) is -0.357. The molecular formula is C13H14BrClFNO. The minimum absolute atomic E-state index is 0.143. The molecular weight excluding hydrogens is 321 g/mol. The molecule has 0 spiro atoms. The van der Waals surface area contributed by atoms with Gasteiger partial charge in [-0.2, -0.15) is 0 Å². The van der Waals surface area contributed by atoms with Crippen LogP contribution in [0.15, 0.2) is 22.7 Å². The van der Waals surface area contributed by atoms with Gasteiger partial charge >= 0.3 is 0 Å². The van der Waals surface area contributed by atoms with Crippen molar-refractivity contribution in [1.29, 1.82) is 0 Å². The maximum Gasteiger partial charge on any atom is 0.251 e. The standard InChI is InChI=1S/C13H14BrClFNO/c14-10-4-9(5-11(16)6-10)13(18)17-7-8-2-1-3-12(8)15/h4-6,8,12H,1-3,7H2,(H,17,18). The Morgan fingerprint density at radius 1 is 1.44 bits per heavy atom. The van der Waals surface area contributed by atoms with E-state index < -0.39 is 5.82 Å². The molecule has 0 saturated heterocycles. The fourth-order valence-electron chi connectivity index (χ4n) is 2.23. The van der Waals surface area contributed by atoms with Gasteiger partial charge in [0.15, 0.2) is 0 Å². The lowest BCUT2D eigenvalue weighted by atomic mass is 10.1. The molecule has 2 rings (SSSR count). The van der Waals surface area contributed by atoms with Crippen LogP contribution in [-0.4, -0.2) is 17.8 Å². The number of carbonyl (C=O) groups is 1. The van der Waals surface area contributed by atoms with Crippen molar-refractivity contribution in [3.8, 4) is 0 Å². The molecule has 0 aromatic heterocycles. The van der Waals surface area contributed by atoms with Gasteiger partial charge in [0.05, 0.1) is 0 Å². The van der Waals surface area contributed by atoms with Gasteiger partial charge in [-0.15, -0.1) is 11.6 Å². The van der Waals surface area contributed by atoms with Crippen molar-refractivity contribution >= 4 is 33.4 Å². The molecule has 2 unspecified atom stereocenters. The van der Waals surface area contributed by atoms with Gasteiger partial charge in [0, 0.05) is 22.0 Å². The van der Waals surface area contributed by atoms with Crippen LogP contribution in [0, 0.1) is 11.7 Å². The molecule has 0 bridgehead atoms. The molecule has 1 aliphatic rings. The first-order valence-electron chi connectivity index (χ1n) is 5.94. The van der Waals surface area contributed by atoms with Crippen LogP contribution in [0.1, 0.15) is 29.6 Å². The van der Waals surface area contributed by atoms with Gasteiger partial charge in [0.1, 0.15) is 5.82 Å². The lowest BCUT2D eigenvalue weighted by Crippen LogP contribution is -2.31. The molecule has 1 aliphatic carbocycles. The van der Waals surface area contributed by atoms with E-state index in [2.05, 4.69) is 21.2 Å². The number of carbonyl (C=O) groups excluding carboxylic acids is 1. The van der Waals surface area contributed by atoms with E-state index in [0.29, 0.717) is 22.5 Å². The van der Waals surface area contributed by atoms with Crippen LogP contribution in [0.25, 0.3) is 0 Å². The van der Waals surface area contributed by atoms with Crippen LogP contribution in [0.5, 0.6) is 0 Å². The number of benzene rings is 1. The van der Waals surface area contributed by atoms with Crippen LogP contribution in [0.3, 0.4) is 0 Å². The van der Waals surface area contributed by atoms with Crippen LogP contribution >= 0.6 is 27.5 Å². The van der Waals surface area contributed by atoms with Crippen LogP contribution in [-0.2, 0) is 0 Å². The first-order chi connectivity index (χ1) is 8.56. The van der Waals surface area contributed by atoms with Crippen LogP contribution < -0.4 is 5.32 Å². The van der Waals surface area contributed by atoms with Gasteiger partial charge in [-0.1, -0.05) is 22.4 Å². The fourth-order valence-corrected chi connectivity index (χ4v) is 3.07. The second-order valence-corrected chi connectivity index (χ2v) is 6.05. The van der Waals surface area contributed by atoms with Gasteiger partial charge in [-0.25, -0.2) is 4.39 Å². The molecule has 2 nitrogen and oxygen atoms in total. The Morgan fingerprint density at radius 2 is 2.22 bits per heavy atom. The summed E-state index contributed by atoms with van der Waals surface area (Å²) in [7, 11) is 0. The third-order valence-electron chi connectivity index (χ3n) is 3.22. The minimum atomic E-state index is -0.425. The third-order valence-corrected chi connectivity index (χ3v) is 4.25. The van der Waals surface area contributed by atoms with E-state index in [4.69, 9.17) is 11.6 Å². The topological polar surface area (TPSA) is 29.1 Å². The summed E-state index contributed by atoms with van der Waals surface area (Å²) < 4.78 is 13.7. The number of amides is 1. The molecule has 1 amide bonds. The van der Waals surface area contributed by atoms with E-state index in [1.807, 2.05) is 0 Å². The van der Waals surface area contributed by atoms with E-state index in [1.54, 1.807) is 6.07 Å². The average molecular weight is 335 g/mol. The highest BCUT2D eigenvalue weighted by atomic mass is 79.9. The van der Waals surface area contributed by atoms with E-state index in [1.165, 1.54) is 12.1 Å². The highest BCUT2D eigenvalue weighted by Crippen LogP contribution is 2.29. The fraction of sp³-hybridized carbons (Fsp3) is 0.462. The van der Waals surface area contributed by atoms with Crippen LogP contribution in [0.2, 0.25) is 0 Å². The van der Waals surface area contributed by atoms with Crippen molar-refractivity contribution in [3.05, 3.63) is 34.1 Å². The van der Waals surface area contributed by atoms with Gasteiger partial charge in [0.25, 0.3) is 5.91 Å². The lowest BCUT2D eigenvalue weighted by Gasteiger charge is -2.14. The lowest BCUT2D eigenvalue weighted by molar-refractivity contribution is 0.0947. The normalized spacial score (nSPS) is 23.1. The predicted molar refractivity (Wildman–Crippen MR) is 73.4 cm³/mol. The van der Waals surface area contributed by atoms with Crippen molar-refractivity contribution in [2.45, 2.75) is 24.6 Å². The Bertz CT molecular complexity index is 434. The average Bonchev–Trinajstić information content (AvgIpc) is 2.70. The minimum Gasteiger partial charge on any atom is -0.352 e. The Kier molecular flexibility index (Phi) is 4.62. The summed E-state index contributed by atoms with van der Waals surface area (Å²) in [5.41, 5.74) is 0.325. The molecule has 2 atom stereocenters. The molecule has 1 aromatic carbocycles. The SMILES string of the molecule is O=C(NCC1CCCC1Cl)c1cc(F)cc(Br)c1. The van der Waals surface area contributed by atoms with Gasteiger partial charge < -0.3 is 5.32 Å². The number of halogens is 3. The van der Waals surface area contributed by atoms with Crippen molar-refractivity contribution in [3.63, 3.8) is 0 Å². The smallest absolute Gasteiger partial charge is 0.251 e. The van der Waals surface area contributed by atoms with Crippen molar-refractivity contribution in [2.75, 3.05) is 6.54 Å². The number of rotatable bonds is 3. The number of hydrogen-bond acceptors (Lipinski definition) is 1. The summed E-state index contributed by atoms with van der Waals surface area (Å²) in [5, 5.41) is 2.96. The van der Waals surface area contributed by atoms with Crippen molar-refractivity contribution in [1.82, 2.24) is 5.32 Å².